The van der Waals surface area contributed by atoms with Crippen LogP contribution in [-0.2, 0) is 10.8 Å². The van der Waals surface area contributed by atoms with Crippen LogP contribution >= 0.6 is 0 Å². The van der Waals surface area contributed by atoms with Crippen LogP contribution in [0.15, 0.2) is 164 Å². The van der Waals surface area contributed by atoms with Crippen molar-refractivity contribution in [1.82, 2.24) is 9.97 Å². The summed E-state index contributed by atoms with van der Waals surface area (Å²) in [5.74, 6) is 0.730. The second-order valence-electron chi connectivity index (χ2n) is 13.9. The molecule has 0 atom stereocenters. The number of aromatic nitrogens is 2. The van der Waals surface area contributed by atoms with E-state index in [0.29, 0.717) is 0 Å². The van der Waals surface area contributed by atoms with Gasteiger partial charge in [-0.1, -0.05) is 143 Å². The van der Waals surface area contributed by atoms with Crippen LogP contribution in [0.1, 0.15) is 49.9 Å². The van der Waals surface area contributed by atoms with Gasteiger partial charge in [0.05, 0.1) is 11.4 Å². The van der Waals surface area contributed by atoms with Crippen LogP contribution in [0.4, 0.5) is 17.1 Å². The number of benzene rings is 6. The van der Waals surface area contributed by atoms with E-state index >= 15 is 0 Å². The molecule has 1 heterocycles. The molecule has 0 radical (unpaired) electrons. The summed E-state index contributed by atoms with van der Waals surface area (Å²) < 4.78 is 0. The van der Waals surface area contributed by atoms with Crippen molar-refractivity contribution >= 4 is 17.1 Å². The highest BCUT2D eigenvalue weighted by atomic mass is 15.1. The fourth-order valence-electron chi connectivity index (χ4n) is 7.46. The smallest absolute Gasteiger partial charge is 0.160 e. The number of hydrogen-bond donors (Lipinski definition) is 0. The van der Waals surface area contributed by atoms with Gasteiger partial charge in [0, 0.05) is 44.6 Å². The fraction of sp³-hybridized carbons (Fsp3) is 0.130. The van der Waals surface area contributed by atoms with Crippen molar-refractivity contribution in [3.8, 4) is 33.9 Å². The minimum Gasteiger partial charge on any atom is -0.310 e. The summed E-state index contributed by atoms with van der Waals surface area (Å²) in [7, 11) is 0. The molecule has 49 heavy (non-hydrogen) atoms. The van der Waals surface area contributed by atoms with Gasteiger partial charge in [-0.3, -0.25) is 0 Å². The highest BCUT2D eigenvalue weighted by Gasteiger charge is 2.42. The summed E-state index contributed by atoms with van der Waals surface area (Å²) >= 11 is 0. The number of rotatable bonds is 6. The second-order valence-corrected chi connectivity index (χ2v) is 13.9. The SMILES string of the molecule is CC1(C)c2ccc(N(c3ccccc3)c3ccccc3)cc2C(C)(C)c2ccc(-c3cc(-c4ccccc4)nc(-c4ccccc4)n3)cc21. The van der Waals surface area contributed by atoms with Crippen LogP contribution in [-0.4, -0.2) is 9.97 Å². The largest absolute Gasteiger partial charge is 0.310 e. The van der Waals surface area contributed by atoms with Gasteiger partial charge < -0.3 is 4.90 Å². The van der Waals surface area contributed by atoms with Crippen molar-refractivity contribution in [3.63, 3.8) is 0 Å². The summed E-state index contributed by atoms with van der Waals surface area (Å²) in [5.41, 5.74) is 13.4. The van der Waals surface area contributed by atoms with Gasteiger partial charge in [-0.05, 0) is 70.8 Å². The molecule has 0 aliphatic heterocycles. The van der Waals surface area contributed by atoms with Gasteiger partial charge in [0.25, 0.3) is 0 Å². The normalized spacial score (nSPS) is 14.0. The summed E-state index contributed by atoms with van der Waals surface area (Å²) in [6, 6.07) is 58.1. The standard InChI is InChI=1S/C46H39N3/c1-45(2)39-28-26-37(49(35-21-13-7-14-22-35)36-23-15-8-16-24-36)30-41(39)46(3,4)38-27-25-34(29-40(38)45)43-31-42(32-17-9-5-10-18-32)47-44(48-43)33-19-11-6-12-20-33/h5-31H,1-4H3. The molecule has 0 fully saturated rings. The number of hydrogen-bond acceptors (Lipinski definition) is 3. The zero-order chi connectivity index (χ0) is 33.6. The lowest BCUT2D eigenvalue weighted by Gasteiger charge is -2.44. The predicted molar refractivity (Wildman–Crippen MR) is 204 cm³/mol. The van der Waals surface area contributed by atoms with E-state index in [4.69, 9.17) is 9.97 Å². The third-order valence-electron chi connectivity index (χ3n) is 10.1. The molecule has 0 N–H and O–H groups in total. The van der Waals surface area contributed by atoms with E-state index in [1.165, 1.54) is 22.3 Å². The van der Waals surface area contributed by atoms with Crippen LogP contribution in [0.3, 0.4) is 0 Å². The van der Waals surface area contributed by atoms with Crippen molar-refractivity contribution in [2.45, 2.75) is 38.5 Å². The van der Waals surface area contributed by atoms with Crippen LogP contribution < -0.4 is 4.90 Å². The molecule has 7 aromatic rings. The van der Waals surface area contributed by atoms with Crippen LogP contribution in [0, 0.1) is 0 Å². The van der Waals surface area contributed by atoms with Crippen molar-refractivity contribution in [3.05, 3.63) is 186 Å². The average molecular weight is 634 g/mol. The van der Waals surface area contributed by atoms with Crippen molar-refractivity contribution in [2.24, 2.45) is 0 Å². The van der Waals surface area contributed by atoms with Gasteiger partial charge in [0.1, 0.15) is 0 Å². The Kier molecular flexibility index (Phi) is 7.49. The van der Waals surface area contributed by atoms with E-state index in [9.17, 15) is 0 Å². The third kappa shape index (κ3) is 5.42. The van der Waals surface area contributed by atoms with Crippen LogP contribution in [0.5, 0.6) is 0 Å². The molecule has 1 aromatic heterocycles. The van der Waals surface area contributed by atoms with Crippen LogP contribution in [0.25, 0.3) is 33.9 Å². The van der Waals surface area contributed by atoms with E-state index in [2.05, 4.69) is 172 Å². The topological polar surface area (TPSA) is 29.0 Å². The molecule has 238 valence electrons. The monoisotopic (exact) mass is 633 g/mol. The van der Waals surface area contributed by atoms with E-state index in [-0.39, 0.29) is 10.8 Å². The lowest BCUT2D eigenvalue weighted by Crippen LogP contribution is -2.36. The second kappa shape index (κ2) is 12.0. The molecule has 3 heteroatoms. The lowest BCUT2D eigenvalue weighted by atomic mass is 9.59. The van der Waals surface area contributed by atoms with Gasteiger partial charge in [-0.25, -0.2) is 9.97 Å². The summed E-state index contributed by atoms with van der Waals surface area (Å²) in [6.07, 6.45) is 0. The Morgan fingerprint density at radius 3 is 1.37 bits per heavy atom. The summed E-state index contributed by atoms with van der Waals surface area (Å²) in [4.78, 5) is 12.5. The summed E-state index contributed by atoms with van der Waals surface area (Å²) in [6.45, 7) is 9.45. The van der Waals surface area contributed by atoms with Gasteiger partial charge in [-0.15, -0.1) is 0 Å². The van der Waals surface area contributed by atoms with Gasteiger partial charge in [0.15, 0.2) is 5.82 Å². The maximum atomic E-state index is 5.15. The molecule has 3 nitrogen and oxygen atoms in total. The highest BCUT2D eigenvalue weighted by Crippen LogP contribution is 2.52. The number of fused-ring (bicyclic) bond motifs is 2. The van der Waals surface area contributed by atoms with Crippen molar-refractivity contribution in [1.29, 1.82) is 0 Å². The summed E-state index contributed by atoms with van der Waals surface area (Å²) in [5, 5.41) is 0. The molecule has 6 aromatic carbocycles. The molecular weight excluding hydrogens is 595 g/mol. The van der Waals surface area contributed by atoms with E-state index in [1.54, 1.807) is 0 Å². The van der Waals surface area contributed by atoms with E-state index in [0.717, 1.165) is 51.0 Å². The Labute approximate surface area is 289 Å². The molecule has 0 amide bonds. The third-order valence-corrected chi connectivity index (χ3v) is 10.1. The maximum absolute atomic E-state index is 5.15. The quantitative estimate of drug-likeness (QED) is 0.182. The Morgan fingerprint density at radius 1 is 0.367 bits per heavy atom. The predicted octanol–water partition coefficient (Wildman–Crippen LogP) is 11.9. The fourth-order valence-corrected chi connectivity index (χ4v) is 7.46. The molecule has 0 bridgehead atoms. The molecule has 0 saturated heterocycles. The number of anilines is 3. The minimum atomic E-state index is -0.226. The molecule has 0 saturated carbocycles. The van der Waals surface area contributed by atoms with Gasteiger partial charge in [0.2, 0.25) is 0 Å². The first kappa shape index (κ1) is 30.5. The molecule has 0 unspecified atom stereocenters. The molecular formula is C46H39N3. The van der Waals surface area contributed by atoms with E-state index < -0.39 is 0 Å². The molecule has 1 aliphatic rings. The first-order chi connectivity index (χ1) is 23.8. The number of nitrogens with zero attached hydrogens (tertiary/aromatic N) is 3. The average Bonchev–Trinajstić information content (AvgIpc) is 3.15. The Bertz CT molecular complexity index is 2160. The molecule has 8 rings (SSSR count). The first-order valence-electron chi connectivity index (χ1n) is 17.0. The van der Waals surface area contributed by atoms with Crippen molar-refractivity contribution < 1.29 is 0 Å². The Hall–Kier alpha value is -5.80. The highest BCUT2D eigenvalue weighted by molar-refractivity contribution is 5.79. The van der Waals surface area contributed by atoms with E-state index in [1.807, 2.05) is 24.3 Å². The zero-order valence-electron chi connectivity index (χ0n) is 28.4. The molecule has 0 spiro atoms. The minimum absolute atomic E-state index is 0.218. The van der Waals surface area contributed by atoms with Gasteiger partial charge >= 0.3 is 0 Å². The van der Waals surface area contributed by atoms with Gasteiger partial charge in [-0.2, -0.15) is 0 Å². The zero-order valence-corrected chi connectivity index (χ0v) is 28.4. The Balaban J connectivity index is 1.25. The van der Waals surface area contributed by atoms with Crippen molar-refractivity contribution in [2.75, 3.05) is 4.90 Å². The molecule has 1 aliphatic carbocycles. The maximum Gasteiger partial charge on any atom is 0.160 e. The lowest BCUT2D eigenvalue weighted by molar-refractivity contribution is 0.521. The van der Waals surface area contributed by atoms with Crippen LogP contribution in [0.2, 0.25) is 0 Å². The number of para-hydroxylation sites is 2. The first-order valence-corrected chi connectivity index (χ1v) is 17.0. The Morgan fingerprint density at radius 2 is 0.816 bits per heavy atom.